The highest BCUT2D eigenvalue weighted by atomic mass is 16.6. The zero-order valence-electron chi connectivity index (χ0n) is 11.9. The molecule has 0 radical (unpaired) electrons. The summed E-state index contributed by atoms with van der Waals surface area (Å²) in [6, 6.07) is 4.51. The third-order valence-corrected chi connectivity index (χ3v) is 3.77. The van der Waals surface area contributed by atoms with E-state index < -0.39 is 4.92 Å². The molecule has 1 fully saturated rings. The van der Waals surface area contributed by atoms with E-state index in [4.69, 9.17) is 10.9 Å². The summed E-state index contributed by atoms with van der Waals surface area (Å²) in [6.45, 7) is 1.76. The average molecular weight is 292 g/mol. The van der Waals surface area contributed by atoms with Gasteiger partial charge in [0.2, 0.25) is 0 Å². The van der Waals surface area contributed by atoms with Gasteiger partial charge in [0.05, 0.1) is 10.5 Å². The van der Waals surface area contributed by atoms with E-state index in [0.29, 0.717) is 5.56 Å². The molecule has 0 unspecified atom stereocenters. The van der Waals surface area contributed by atoms with Crippen LogP contribution in [0.5, 0.6) is 0 Å². The van der Waals surface area contributed by atoms with Crippen molar-refractivity contribution in [2.45, 2.75) is 32.1 Å². The largest absolute Gasteiger partial charge is 0.409 e. The fourth-order valence-corrected chi connectivity index (χ4v) is 2.66. The van der Waals surface area contributed by atoms with Crippen molar-refractivity contribution in [2.24, 2.45) is 10.9 Å². The SMILES string of the molecule is NC(=NO)c1cc([N+](=O)[O-])ccc1N1CCCCCCC1. The summed E-state index contributed by atoms with van der Waals surface area (Å²) in [5.74, 6) is -0.101. The Morgan fingerprint density at radius 3 is 2.43 bits per heavy atom. The van der Waals surface area contributed by atoms with Crippen molar-refractivity contribution >= 4 is 17.2 Å². The summed E-state index contributed by atoms with van der Waals surface area (Å²) in [5.41, 5.74) is 6.83. The molecule has 1 heterocycles. The number of nitrogens with two attached hydrogens (primary N) is 1. The van der Waals surface area contributed by atoms with E-state index in [2.05, 4.69) is 10.1 Å². The number of non-ortho nitro benzene ring substituents is 1. The Labute approximate surface area is 123 Å². The highest BCUT2D eigenvalue weighted by Crippen LogP contribution is 2.27. The predicted octanol–water partition coefficient (Wildman–Crippen LogP) is 2.46. The van der Waals surface area contributed by atoms with Crippen LogP contribution in [0.25, 0.3) is 0 Å². The molecule has 21 heavy (non-hydrogen) atoms. The molecular formula is C14H20N4O3. The normalized spacial score (nSPS) is 17.1. The number of hydrogen-bond acceptors (Lipinski definition) is 5. The van der Waals surface area contributed by atoms with Crippen molar-refractivity contribution in [2.75, 3.05) is 18.0 Å². The first-order chi connectivity index (χ1) is 10.1. The van der Waals surface area contributed by atoms with Crippen molar-refractivity contribution in [3.8, 4) is 0 Å². The summed E-state index contributed by atoms with van der Waals surface area (Å²) >= 11 is 0. The maximum atomic E-state index is 10.9. The van der Waals surface area contributed by atoms with Crippen LogP contribution in [0.2, 0.25) is 0 Å². The molecule has 0 spiro atoms. The zero-order valence-corrected chi connectivity index (χ0v) is 11.9. The molecule has 3 N–H and O–H groups in total. The molecule has 1 saturated heterocycles. The van der Waals surface area contributed by atoms with E-state index in [0.717, 1.165) is 31.6 Å². The molecule has 114 valence electrons. The van der Waals surface area contributed by atoms with Crippen molar-refractivity contribution in [3.05, 3.63) is 33.9 Å². The van der Waals surface area contributed by atoms with Gasteiger partial charge in [-0.2, -0.15) is 0 Å². The maximum Gasteiger partial charge on any atom is 0.270 e. The van der Waals surface area contributed by atoms with Crippen LogP contribution in [-0.4, -0.2) is 29.1 Å². The summed E-state index contributed by atoms with van der Waals surface area (Å²) in [7, 11) is 0. The van der Waals surface area contributed by atoms with Crippen LogP contribution in [0.3, 0.4) is 0 Å². The third kappa shape index (κ3) is 3.62. The quantitative estimate of drug-likeness (QED) is 0.293. The molecule has 2 rings (SSSR count). The van der Waals surface area contributed by atoms with Crippen LogP contribution in [0.4, 0.5) is 11.4 Å². The lowest BCUT2D eigenvalue weighted by atomic mass is 10.1. The Morgan fingerprint density at radius 1 is 1.24 bits per heavy atom. The molecule has 1 aliphatic rings. The van der Waals surface area contributed by atoms with E-state index >= 15 is 0 Å². The minimum absolute atomic E-state index is 0.0626. The topological polar surface area (TPSA) is 105 Å². The molecule has 1 aliphatic heterocycles. The van der Waals surface area contributed by atoms with Crippen LogP contribution in [0, 0.1) is 10.1 Å². The highest BCUT2D eigenvalue weighted by molar-refractivity contribution is 6.02. The lowest BCUT2D eigenvalue weighted by molar-refractivity contribution is -0.384. The summed E-state index contributed by atoms with van der Waals surface area (Å²) < 4.78 is 0. The van der Waals surface area contributed by atoms with Gasteiger partial charge >= 0.3 is 0 Å². The molecule has 0 saturated carbocycles. The number of anilines is 1. The number of nitro benzene ring substituents is 1. The highest BCUT2D eigenvalue weighted by Gasteiger charge is 2.19. The standard InChI is InChI=1S/C14H20N4O3/c15-14(16-19)12-10-11(18(20)21)6-7-13(12)17-8-4-2-1-3-5-9-17/h6-7,10,19H,1-5,8-9H2,(H2,15,16). The van der Waals surface area contributed by atoms with Gasteiger partial charge in [0.15, 0.2) is 5.84 Å². The van der Waals surface area contributed by atoms with Crippen LogP contribution >= 0.6 is 0 Å². The monoisotopic (exact) mass is 292 g/mol. The van der Waals surface area contributed by atoms with Crippen LogP contribution in [0.15, 0.2) is 23.4 Å². The first-order valence-corrected chi connectivity index (χ1v) is 7.15. The lowest BCUT2D eigenvalue weighted by Crippen LogP contribution is -2.29. The lowest BCUT2D eigenvalue weighted by Gasteiger charge is -2.28. The van der Waals surface area contributed by atoms with E-state index in [-0.39, 0.29) is 11.5 Å². The Balaban J connectivity index is 2.38. The molecule has 0 aliphatic carbocycles. The number of hydrogen-bond donors (Lipinski definition) is 2. The predicted molar refractivity (Wildman–Crippen MR) is 80.9 cm³/mol. The molecular weight excluding hydrogens is 272 g/mol. The fourth-order valence-electron chi connectivity index (χ4n) is 2.66. The Bertz CT molecular complexity index is 537. The van der Waals surface area contributed by atoms with Crippen LogP contribution in [-0.2, 0) is 0 Å². The molecule has 1 aromatic rings. The molecule has 0 amide bonds. The number of nitro groups is 1. The second-order valence-electron chi connectivity index (χ2n) is 5.20. The molecule has 0 atom stereocenters. The van der Waals surface area contributed by atoms with E-state index in [1.165, 1.54) is 31.4 Å². The molecule has 1 aromatic carbocycles. The first kappa shape index (κ1) is 15.1. The maximum absolute atomic E-state index is 10.9. The zero-order chi connectivity index (χ0) is 15.2. The van der Waals surface area contributed by atoms with Gasteiger partial charge < -0.3 is 15.8 Å². The second-order valence-corrected chi connectivity index (χ2v) is 5.20. The van der Waals surface area contributed by atoms with Gasteiger partial charge in [0, 0.05) is 30.9 Å². The number of amidine groups is 1. The summed E-state index contributed by atoms with van der Waals surface area (Å²) in [4.78, 5) is 12.6. The second kappa shape index (κ2) is 6.92. The Morgan fingerprint density at radius 2 is 1.86 bits per heavy atom. The Hall–Kier alpha value is -2.31. The minimum atomic E-state index is -0.481. The molecule has 7 heteroatoms. The molecule has 7 nitrogen and oxygen atoms in total. The summed E-state index contributed by atoms with van der Waals surface area (Å²) in [5, 5.41) is 22.8. The van der Waals surface area contributed by atoms with Crippen LogP contribution < -0.4 is 10.6 Å². The number of oxime groups is 1. The minimum Gasteiger partial charge on any atom is -0.409 e. The van der Waals surface area contributed by atoms with Gasteiger partial charge in [0.1, 0.15) is 0 Å². The van der Waals surface area contributed by atoms with E-state index in [9.17, 15) is 10.1 Å². The van der Waals surface area contributed by atoms with Crippen molar-refractivity contribution in [1.82, 2.24) is 0 Å². The van der Waals surface area contributed by atoms with Crippen molar-refractivity contribution < 1.29 is 10.1 Å². The van der Waals surface area contributed by atoms with E-state index in [1.54, 1.807) is 6.07 Å². The van der Waals surface area contributed by atoms with Gasteiger partial charge in [-0.3, -0.25) is 10.1 Å². The fraction of sp³-hybridized carbons (Fsp3) is 0.500. The van der Waals surface area contributed by atoms with Crippen molar-refractivity contribution in [1.29, 1.82) is 0 Å². The molecule has 0 bridgehead atoms. The molecule has 0 aromatic heterocycles. The average Bonchev–Trinajstić information content (AvgIpc) is 2.45. The first-order valence-electron chi connectivity index (χ1n) is 7.15. The van der Waals surface area contributed by atoms with Gasteiger partial charge in [-0.15, -0.1) is 0 Å². The van der Waals surface area contributed by atoms with Gasteiger partial charge in [-0.1, -0.05) is 24.4 Å². The Kier molecular flexibility index (Phi) is 4.97. The van der Waals surface area contributed by atoms with Gasteiger partial charge in [0.25, 0.3) is 5.69 Å². The summed E-state index contributed by atoms with van der Waals surface area (Å²) in [6.07, 6.45) is 5.77. The van der Waals surface area contributed by atoms with Gasteiger partial charge in [-0.25, -0.2) is 0 Å². The van der Waals surface area contributed by atoms with Crippen molar-refractivity contribution in [3.63, 3.8) is 0 Å². The van der Waals surface area contributed by atoms with Gasteiger partial charge in [-0.05, 0) is 18.9 Å². The third-order valence-electron chi connectivity index (χ3n) is 3.77. The van der Waals surface area contributed by atoms with Crippen LogP contribution in [0.1, 0.15) is 37.7 Å². The number of benzene rings is 1. The smallest absolute Gasteiger partial charge is 0.270 e. The number of rotatable bonds is 3. The van der Waals surface area contributed by atoms with E-state index in [1.807, 2.05) is 0 Å². The number of nitrogens with zero attached hydrogens (tertiary/aromatic N) is 3.